The van der Waals surface area contributed by atoms with E-state index in [0.717, 1.165) is 25.9 Å². The van der Waals surface area contributed by atoms with Gasteiger partial charge in [0.05, 0.1) is 12.5 Å². The Labute approximate surface area is 93.8 Å². The molecular formula is C10H16N4O2. The molecule has 0 spiro atoms. The summed E-state index contributed by atoms with van der Waals surface area (Å²) in [6, 6.07) is 0. The van der Waals surface area contributed by atoms with Crippen LogP contribution in [0.15, 0.2) is 4.52 Å². The highest BCUT2D eigenvalue weighted by Crippen LogP contribution is 2.09. The summed E-state index contributed by atoms with van der Waals surface area (Å²) in [7, 11) is 0. The summed E-state index contributed by atoms with van der Waals surface area (Å²) in [4.78, 5) is 15.8. The molecule has 0 radical (unpaired) electrons. The van der Waals surface area contributed by atoms with Crippen molar-refractivity contribution in [2.45, 2.75) is 26.3 Å². The first-order valence-electron chi connectivity index (χ1n) is 5.53. The van der Waals surface area contributed by atoms with Crippen LogP contribution in [-0.4, -0.2) is 29.1 Å². The fourth-order valence-corrected chi connectivity index (χ4v) is 1.79. The third-order valence-electron chi connectivity index (χ3n) is 2.65. The topological polar surface area (TPSA) is 80.0 Å². The van der Waals surface area contributed by atoms with Gasteiger partial charge in [0.1, 0.15) is 0 Å². The monoisotopic (exact) mass is 224 g/mol. The minimum absolute atomic E-state index is 0.0584. The highest BCUT2D eigenvalue weighted by Gasteiger charge is 2.20. The quantitative estimate of drug-likeness (QED) is 0.755. The molecule has 0 unspecified atom stereocenters. The van der Waals surface area contributed by atoms with E-state index in [-0.39, 0.29) is 11.8 Å². The van der Waals surface area contributed by atoms with Crippen LogP contribution in [0.25, 0.3) is 0 Å². The van der Waals surface area contributed by atoms with Crippen LogP contribution in [-0.2, 0) is 11.3 Å². The SMILES string of the molecule is Cc1noc(CNC(=O)[C@H]2CCCNC2)n1. The summed E-state index contributed by atoms with van der Waals surface area (Å²) in [5, 5.41) is 9.67. The second-order valence-electron chi connectivity index (χ2n) is 4.00. The van der Waals surface area contributed by atoms with Crippen LogP contribution in [0.2, 0.25) is 0 Å². The van der Waals surface area contributed by atoms with Gasteiger partial charge in [0.2, 0.25) is 11.8 Å². The van der Waals surface area contributed by atoms with E-state index >= 15 is 0 Å². The lowest BCUT2D eigenvalue weighted by Crippen LogP contribution is -2.40. The van der Waals surface area contributed by atoms with Gasteiger partial charge in [0.25, 0.3) is 0 Å². The van der Waals surface area contributed by atoms with Crippen molar-refractivity contribution < 1.29 is 9.32 Å². The lowest BCUT2D eigenvalue weighted by molar-refractivity contribution is -0.125. The maximum Gasteiger partial charge on any atom is 0.246 e. The number of aryl methyl sites for hydroxylation is 1. The molecule has 1 saturated heterocycles. The Hall–Kier alpha value is -1.43. The predicted molar refractivity (Wildman–Crippen MR) is 56.5 cm³/mol. The number of nitrogens with zero attached hydrogens (tertiary/aromatic N) is 2. The first-order valence-corrected chi connectivity index (χ1v) is 5.53. The Balaban J connectivity index is 1.78. The summed E-state index contributed by atoms with van der Waals surface area (Å²) in [5.41, 5.74) is 0. The number of carbonyl (C=O) groups is 1. The summed E-state index contributed by atoms with van der Waals surface area (Å²) >= 11 is 0. The summed E-state index contributed by atoms with van der Waals surface area (Å²) in [5.74, 6) is 1.17. The van der Waals surface area contributed by atoms with Crippen molar-refractivity contribution in [3.63, 3.8) is 0 Å². The molecule has 0 bridgehead atoms. The van der Waals surface area contributed by atoms with E-state index in [4.69, 9.17) is 4.52 Å². The fourth-order valence-electron chi connectivity index (χ4n) is 1.79. The summed E-state index contributed by atoms with van der Waals surface area (Å²) < 4.78 is 4.91. The number of hydrogen-bond donors (Lipinski definition) is 2. The van der Waals surface area contributed by atoms with Crippen LogP contribution in [0.1, 0.15) is 24.6 Å². The van der Waals surface area contributed by atoms with Crippen LogP contribution in [0.4, 0.5) is 0 Å². The van der Waals surface area contributed by atoms with E-state index in [1.54, 1.807) is 6.92 Å². The zero-order valence-electron chi connectivity index (χ0n) is 9.32. The number of nitrogens with one attached hydrogen (secondary N) is 2. The molecule has 6 nitrogen and oxygen atoms in total. The number of aromatic nitrogens is 2. The third kappa shape index (κ3) is 2.79. The molecule has 2 N–H and O–H groups in total. The van der Waals surface area contributed by atoms with Crippen molar-refractivity contribution in [1.29, 1.82) is 0 Å². The van der Waals surface area contributed by atoms with Gasteiger partial charge in [-0.1, -0.05) is 5.16 Å². The standard InChI is InChI=1S/C10H16N4O2/c1-7-13-9(16-14-7)6-12-10(15)8-3-2-4-11-5-8/h8,11H,2-6H2,1H3,(H,12,15)/t8-/m0/s1. The first-order chi connectivity index (χ1) is 7.75. The van der Waals surface area contributed by atoms with E-state index in [0.29, 0.717) is 18.3 Å². The lowest BCUT2D eigenvalue weighted by atomic mass is 9.99. The molecule has 1 aliphatic heterocycles. The lowest BCUT2D eigenvalue weighted by Gasteiger charge is -2.21. The predicted octanol–water partition coefficient (Wildman–Crippen LogP) is -0.00618. The van der Waals surface area contributed by atoms with Crippen molar-refractivity contribution in [3.05, 3.63) is 11.7 Å². The van der Waals surface area contributed by atoms with Gasteiger partial charge in [0, 0.05) is 6.54 Å². The molecule has 0 saturated carbocycles. The average Bonchev–Trinajstić information content (AvgIpc) is 2.73. The molecule has 1 aromatic rings. The van der Waals surface area contributed by atoms with Gasteiger partial charge in [-0.3, -0.25) is 4.79 Å². The van der Waals surface area contributed by atoms with Crippen molar-refractivity contribution in [1.82, 2.24) is 20.8 Å². The fraction of sp³-hybridized carbons (Fsp3) is 0.700. The molecule has 1 fully saturated rings. The number of rotatable bonds is 3. The highest BCUT2D eigenvalue weighted by molar-refractivity contribution is 5.78. The molecule has 1 amide bonds. The Morgan fingerprint density at radius 2 is 2.56 bits per heavy atom. The Morgan fingerprint density at radius 3 is 3.19 bits per heavy atom. The van der Waals surface area contributed by atoms with Gasteiger partial charge >= 0.3 is 0 Å². The second-order valence-corrected chi connectivity index (χ2v) is 4.00. The van der Waals surface area contributed by atoms with Gasteiger partial charge in [-0.05, 0) is 26.3 Å². The van der Waals surface area contributed by atoms with Crippen LogP contribution in [0.3, 0.4) is 0 Å². The molecule has 1 aliphatic rings. The van der Waals surface area contributed by atoms with Crippen LogP contribution >= 0.6 is 0 Å². The Bertz CT molecular complexity index is 357. The maximum atomic E-state index is 11.7. The van der Waals surface area contributed by atoms with Gasteiger partial charge in [-0.15, -0.1) is 0 Å². The van der Waals surface area contributed by atoms with Crippen LogP contribution in [0.5, 0.6) is 0 Å². The highest BCUT2D eigenvalue weighted by atomic mass is 16.5. The molecule has 6 heteroatoms. The zero-order valence-corrected chi connectivity index (χ0v) is 9.32. The molecule has 1 atom stereocenters. The smallest absolute Gasteiger partial charge is 0.246 e. The van der Waals surface area contributed by atoms with Gasteiger partial charge in [0.15, 0.2) is 5.82 Å². The van der Waals surface area contributed by atoms with Crippen molar-refractivity contribution in [2.75, 3.05) is 13.1 Å². The molecule has 2 rings (SSSR count). The van der Waals surface area contributed by atoms with Gasteiger partial charge < -0.3 is 15.2 Å². The average molecular weight is 224 g/mol. The largest absolute Gasteiger partial charge is 0.347 e. The van der Waals surface area contributed by atoms with Crippen LogP contribution < -0.4 is 10.6 Å². The maximum absolute atomic E-state index is 11.7. The van der Waals surface area contributed by atoms with E-state index < -0.39 is 0 Å². The third-order valence-corrected chi connectivity index (χ3v) is 2.65. The van der Waals surface area contributed by atoms with Crippen molar-refractivity contribution in [3.8, 4) is 0 Å². The number of hydrogen-bond acceptors (Lipinski definition) is 5. The zero-order chi connectivity index (χ0) is 11.4. The normalized spacial score (nSPS) is 20.7. The van der Waals surface area contributed by atoms with Gasteiger partial charge in [-0.25, -0.2) is 0 Å². The Kier molecular flexibility index (Phi) is 3.51. The molecule has 1 aromatic heterocycles. The molecular weight excluding hydrogens is 208 g/mol. The van der Waals surface area contributed by atoms with E-state index in [1.165, 1.54) is 0 Å². The van der Waals surface area contributed by atoms with Crippen molar-refractivity contribution in [2.24, 2.45) is 5.92 Å². The van der Waals surface area contributed by atoms with Crippen molar-refractivity contribution >= 4 is 5.91 Å². The minimum Gasteiger partial charge on any atom is -0.347 e. The first kappa shape index (κ1) is 11.1. The number of amides is 1. The molecule has 88 valence electrons. The summed E-state index contributed by atoms with van der Waals surface area (Å²) in [6.07, 6.45) is 2.00. The van der Waals surface area contributed by atoms with Gasteiger partial charge in [-0.2, -0.15) is 4.98 Å². The molecule has 2 heterocycles. The number of piperidine rings is 1. The molecule has 0 aliphatic carbocycles. The van der Waals surface area contributed by atoms with E-state index in [1.807, 2.05) is 0 Å². The Morgan fingerprint density at radius 1 is 1.69 bits per heavy atom. The van der Waals surface area contributed by atoms with Crippen LogP contribution in [0, 0.1) is 12.8 Å². The minimum atomic E-state index is 0.0584. The molecule has 16 heavy (non-hydrogen) atoms. The number of carbonyl (C=O) groups excluding carboxylic acids is 1. The molecule has 0 aromatic carbocycles. The van der Waals surface area contributed by atoms with E-state index in [9.17, 15) is 4.79 Å². The summed E-state index contributed by atoms with van der Waals surface area (Å²) in [6.45, 7) is 3.83. The second kappa shape index (κ2) is 5.07. The van der Waals surface area contributed by atoms with E-state index in [2.05, 4.69) is 20.8 Å².